The van der Waals surface area contributed by atoms with Gasteiger partial charge >= 0.3 is 5.97 Å². The summed E-state index contributed by atoms with van der Waals surface area (Å²) in [6.45, 7) is 3.94. The van der Waals surface area contributed by atoms with Gasteiger partial charge in [0.25, 0.3) is 0 Å². The van der Waals surface area contributed by atoms with Crippen molar-refractivity contribution < 1.29 is 28.5 Å². The minimum Gasteiger partial charge on any atom is -0.463 e. The summed E-state index contributed by atoms with van der Waals surface area (Å²) in [6, 6.07) is 0. The van der Waals surface area contributed by atoms with Gasteiger partial charge in [-0.2, -0.15) is 0 Å². The maximum absolute atomic E-state index is 10.7. The van der Waals surface area contributed by atoms with E-state index in [2.05, 4.69) is 0 Å². The van der Waals surface area contributed by atoms with Gasteiger partial charge in [0, 0.05) is 6.92 Å². The molecule has 0 aromatic carbocycles. The van der Waals surface area contributed by atoms with Crippen molar-refractivity contribution in [3.8, 4) is 0 Å². The van der Waals surface area contributed by atoms with E-state index in [4.69, 9.17) is 23.7 Å². The fourth-order valence-corrected chi connectivity index (χ4v) is 1.87. The van der Waals surface area contributed by atoms with E-state index in [1.807, 2.05) is 6.92 Å². The molecule has 0 spiro atoms. The topological polar surface area (TPSA) is 63.2 Å². The Hall–Kier alpha value is -0.690. The molecule has 2 aliphatic rings. The van der Waals surface area contributed by atoms with Crippen LogP contribution in [0.5, 0.6) is 0 Å². The molecular weight excluding hydrogens is 216 g/mol. The Balaban J connectivity index is 1.89. The van der Waals surface area contributed by atoms with Gasteiger partial charge in [-0.1, -0.05) is 0 Å². The first-order chi connectivity index (χ1) is 7.68. The van der Waals surface area contributed by atoms with Crippen LogP contribution in [0.2, 0.25) is 0 Å². The number of rotatable bonds is 3. The maximum Gasteiger partial charge on any atom is 0.302 e. The van der Waals surface area contributed by atoms with Crippen LogP contribution in [0.4, 0.5) is 0 Å². The van der Waals surface area contributed by atoms with Gasteiger partial charge in [0.2, 0.25) is 0 Å². The highest BCUT2D eigenvalue weighted by molar-refractivity contribution is 5.65. The molecule has 0 aromatic rings. The van der Waals surface area contributed by atoms with E-state index >= 15 is 0 Å². The molecule has 0 radical (unpaired) electrons. The smallest absolute Gasteiger partial charge is 0.302 e. The average Bonchev–Trinajstić information content (AvgIpc) is 2.82. The molecule has 16 heavy (non-hydrogen) atoms. The lowest BCUT2D eigenvalue weighted by atomic mass is 10.0. The van der Waals surface area contributed by atoms with Crippen molar-refractivity contribution in [2.45, 2.75) is 38.3 Å². The zero-order valence-electron chi connectivity index (χ0n) is 9.38. The van der Waals surface area contributed by atoms with E-state index in [1.165, 1.54) is 6.92 Å². The summed E-state index contributed by atoms with van der Waals surface area (Å²) < 4.78 is 26.4. The van der Waals surface area contributed by atoms with E-state index in [9.17, 15) is 4.79 Å². The van der Waals surface area contributed by atoms with Gasteiger partial charge in [0.15, 0.2) is 0 Å². The SMILES string of the molecule is CC(=O)OC[C@@H]1OCO[C@@H]1[C@H]1OCO[C@H]1C. The van der Waals surface area contributed by atoms with Gasteiger partial charge < -0.3 is 23.7 Å². The molecule has 2 heterocycles. The number of esters is 1. The molecule has 0 bridgehead atoms. The first-order valence-corrected chi connectivity index (χ1v) is 5.28. The maximum atomic E-state index is 10.7. The zero-order valence-corrected chi connectivity index (χ0v) is 9.38. The van der Waals surface area contributed by atoms with Crippen molar-refractivity contribution in [2.75, 3.05) is 20.2 Å². The Bertz CT molecular complexity index is 256. The van der Waals surface area contributed by atoms with Crippen molar-refractivity contribution >= 4 is 5.97 Å². The third-order valence-electron chi connectivity index (χ3n) is 2.74. The van der Waals surface area contributed by atoms with Crippen LogP contribution in [0.1, 0.15) is 13.8 Å². The first kappa shape index (κ1) is 11.8. The van der Waals surface area contributed by atoms with Crippen LogP contribution in [0.15, 0.2) is 0 Å². The zero-order chi connectivity index (χ0) is 11.5. The molecule has 2 fully saturated rings. The Morgan fingerprint density at radius 1 is 1.19 bits per heavy atom. The molecule has 2 aliphatic heterocycles. The van der Waals surface area contributed by atoms with Crippen LogP contribution >= 0.6 is 0 Å². The third kappa shape index (κ3) is 2.52. The Morgan fingerprint density at radius 2 is 1.88 bits per heavy atom. The van der Waals surface area contributed by atoms with Crippen molar-refractivity contribution in [1.82, 2.24) is 0 Å². The Kier molecular flexibility index (Phi) is 3.75. The molecular formula is C10H16O6. The van der Waals surface area contributed by atoms with Crippen LogP contribution in [0, 0.1) is 0 Å². The second kappa shape index (κ2) is 5.09. The standard InChI is InChI=1S/C10H16O6/c1-6-9(15-4-13-6)10-8(14-5-16-10)3-12-7(2)11/h6,8-10H,3-5H2,1-2H3/t6-,8-,9-,10-/m0/s1. The van der Waals surface area contributed by atoms with Crippen molar-refractivity contribution in [2.24, 2.45) is 0 Å². The summed E-state index contributed by atoms with van der Waals surface area (Å²) in [5.41, 5.74) is 0. The second-order valence-corrected chi connectivity index (χ2v) is 3.88. The molecule has 0 aromatic heterocycles. The molecule has 0 saturated carbocycles. The highest BCUT2D eigenvalue weighted by atomic mass is 16.8. The lowest BCUT2D eigenvalue weighted by Crippen LogP contribution is -2.42. The van der Waals surface area contributed by atoms with Gasteiger partial charge in [-0.3, -0.25) is 4.79 Å². The van der Waals surface area contributed by atoms with E-state index in [1.54, 1.807) is 0 Å². The molecule has 2 rings (SSSR count). The van der Waals surface area contributed by atoms with Crippen LogP contribution in [-0.4, -0.2) is 50.6 Å². The number of hydrogen-bond acceptors (Lipinski definition) is 6. The lowest BCUT2D eigenvalue weighted by molar-refractivity contribution is -0.145. The fraction of sp³-hybridized carbons (Fsp3) is 0.900. The van der Waals surface area contributed by atoms with Crippen LogP contribution in [0.3, 0.4) is 0 Å². The lowest BCUT2D eigenvalue weighted by Gasteiger charge is -2.23. The van der Waals surface area contributed by atoms with Crippen molar-refractivity contribution in [1.29, 1.82) is 0 Å². The molecule has 0 N–H and O–H groups in total. The minimum atomic E-state index is -0.328. The monoisotopic (exact) mass is 232 g/mol. The van der Waals surface area contributed by atoms with Crippen molar-refractivity contribution in [3.63, 3.8) is 0 Å². The fourth-order valence-electron chi connectivity index (χ4n) is 1.87. The predicted molar refractivity (Wildman–Crippen MR) is 51.5 cm³/mol. The molecule has 92 valence electrons. The van der Waals surface area contributed by atoms with Crippen LogP contribution < -0.4 is 0 Å². The highest BCUT2D eigenvalue weighted by Gasteiger charge is 2.42. The molecule has 6 nitrogen and oxygen atoms in total. The van der Waals surface area contributed by atoms with Crippen molar-refractivity contribution in [3.05, 3.63) is 0 Å². The summed E-state index contributed by atoms with van der Waals surface area (Å²) in [7, 11) is 0. The van der Waals surface area contributed by atoms with Gasteiger partial charge in [-0.25, -0.2) is 0 Å². The molecule has 4 atom stereocenters. The summed E-state index contributed by atoms with van der Waals surface area (Å²) in [4.78, 5) is 10.7. The van der Waals surface area contributed by atoms with Gasteiger partial charge in [0.05, 0.1) is 6.10 Å². The Labute approximate surface area is 93.7 Å². The number of carbonyl (C=O) groups is 1. The van der Waals surface area contributed by atoms with E-state index in [0.29, 0.717) is 0 Å². The molecule has 0 unspecified atom stereocenters. The van der Waals surface area contributed by atoms with E-state index in [0.717, 1.165) is 0 Å². The highest BCUT2D eigenvalue weighted by Crippen LogP contribution is 2.25. The van der Waals surface area contributed by atoms with Gasteiger partial charge in [0.1, 0.15) is 38.5 Å². The predicted octanol–water partition coefficient (Wildman–Crippen LogP) is 0.0524. The second-order valence-electron chi connectivity index (χ2n) is 3.88. The average molecular weight is 232 g/mol. The number of ether oxygens (including phenoxy) is 5. The number of carbonyl (C=O) groups excluding carboxylic acids is 1. The normalized spacial score (nSPS) is 38.9. The molecule has 0 aliphatic carbocycles. The van der Waals surface area contributed by atoms with Gasteiger partial charge in [-0.15, -0.1) is 0 Å². The first-order valence-electron chi connectivity index (χ1n) is 5.28. The van der Waals surface area contributed by atoms with Crippen LogP contribution in [-0.2, 0) is 28.5 Å². The quantitative estimate of drug-likeness (QED) is 0.641. The molecule has 0 amide bonds. The number of hydrogen-bond donors (Lipinski definition) is 0. The molecule has 2 saturated heterocycles. The summed E-state index contributed by atoms with van der Waals surface area (Å²) >= 11 is 0. The summed E-state index contributed by atoms with van der Waals surface area (Å²) in [5, 5.41) is 0. The third-order valence-corrected chi connectivity index (χ3v) is 2.74. The minimum absolute atomic E-state index is 0.0356. The molecule has 6 heteroatoms. The summed E-state index contributed by atoms with van der Waals surface area (Å²) in [5.74, 6) is -0.328. The summed E-state index contributed by atoms with van der Waals surface area (Å²) in [6.07, 6.45) is -0.718. The van der Waals surface area contributed by atoms with E-state index < -0.39 is 0 Å². The largest absolute Gasteiger partial charge is 0.463 e. The Morgan fingerprint density at radius 3 is 2.50 bits per heavy atom. The van der Waals surface area contributed by atoms with Crippen LogP contribution in [0.25, 0.3) is 0 Å². The van der Waals surface area contributed by atoms with Gasteiger partial charge in [-0.05, 0) is 6.92 Å². The van der Waals surface area contributed by atoms with E-state index in [-0.39, 0.29) is 50.6 Å².